The van der Waals surface area contributed by atoms with Crippen molar-refractivity contribution in [3.63, 3.8) is 0 Å². The van der Waals surface area contributed by atoms with Gasteiger partial charge in [0.1, 0.15) is 18.2 Å². The lowest BCUT2D eigenvalue weighted by Crippen LogP contribution is -1.97. The molecule has 0 atom stereocenters. The van der Waals surface area contributed by atoms with E-state index in [-0.39, 0.29) is 5.02 Å². The highest BCUT2D eigenvalue weighted by Gasteiger charge is 2.04. The van der Waals surface area contributed by atoms with Crippen LogP contribution in [0.15, 0.2) is 24.4 Å². The normalized spacial score (nSPS) is 10.5. The number of thiazole rings is 1. The van der Waals surface area contributed by atoms with Crippen LogP contribution in [0.3, 0.4) is 0 Å². The molecule has 1 aromatic carbocycles. The third-order valence-electron chi connectivity index (χ3n) is 2.35. The lowest BCUT2D eigenvalue weighted by atomic mass is 10.3. The summed E-state index contributed by atoms with van der Waals surface area (Å²) in [6, 6.07) is 4.31. The van der Waals surface area contributed by atoms with E-state index in [1.54, 1.807) is 23.6 Å². The molecule has 1 aromatic heterocycles. The summed E-state index contributed by atoms with van der Waals surface area (Å²) in [5.74, 6) is 0.0979. The zero-order chi connectivity index (χ0) is 13.7. The molecule has 0 saturated carbocycles. The zero-order valence-corrected chi connectivity index (χ0v) is 12.0. The second-order valence-electron chi connectivity index (χ2n) is 3.92. The summed E-state index contributed by atoms with van der Waals surface area (Å²) in [6.07, 6.45) is 2.83. The van der Waals surface area contributed by atoms with Crippen LogP contribution in [0.2, 0.25) is 5.02 Å². The van der Waals surface area contributed by atoms with Crippen LogP contribution in [0.5, 0.6) is 5.75 Å². The molecule has 1 N–H and O–H groups in total. The van der Waals surface area contributed by atoms with Gasteiger partial charge in [-0.25, -0.2) is 9.37 Å². The predicted octanol–water partition coefficient (Wildman–Crippen LogP) is 4.34. The molecule has 1 heterocycles. The van der Waals surface area contributed by atoms with E-state index in [0.717, 1.165) is 23.0 Å². The Balaban J connectivity index is 1.91. The molecule has 2 rings (SSSR count). The molecule has 6 heteroatoms. The van der Waals surface area contributed by atoms with Gasteiger partial charge in [-0.3, -0.25) is 0 Å². The highest BCUT2D eigenvalue weighted by molar-refractivity contribution is 7.15. The first-order chi connectivity index (χ1) is 9.19. The number of nitrogens with one attached hydrogen (secondary N) is 1. The van der Waals surface area contributed by atoms with E-state index in [4.69, 9.17) is 16.3 Å². The van der Waals surface area contributed by atoms with Crippen LogP contribution < -0.4 is 10.1 Å². The van der Waals surface area contributed by atoms with Crippen molar-refractivity contribution in [1.82, 2.24) is 4.98 Å². The SMILES string of the molecule is CCCNc1ncc(COc2ccc(F)c(Cl)c2)s1. The molecule has 0 spiro atoms. The van der Waals surface area contributed by atoms with Crippen molar-refractivity contribution < 1.29 is 9.13 Å². The number of ether oxygens (including phenoxy) is 1. The summed E-state index contributed by atoms with van der Waals surface area (Å²) < 4.78 is 18.5. The Labute approximate surface area is 120 Å². The van der Waals surface area contributed by atoms with Crippen molar-refractivity contribution in [1.29, 1.82) is 0 Å². The maximum Gasteiger partial charge on any atom is 0.182 e. The van der Waals surface area contributed by atoms with Crippen LogP contribution in [0.4, 0.5) is 9.52 Å². The number of nitrogens with zero attached hydrogens (tertiary/aromatic N) is 1. The van der Waals surface area contributed by atoms with Gasteiger partial charge in [-0.2, -0.15) is 0 Å². The molecule has 102 valence electrons. The van der Waals surface area contributed by atoms with E-state index >= 15 is 0 Å². The van der Waals surface area contributed by atoms with Crippen molar-refractivity contribution in [2.24, 2.45) is 0 Å². The maximum absolute atomic E-state index is 13.0. The van der Waals surface area contributed by atoms with Crippen LogP contribution in [-0.4, -0.2) is 11.5 Å². The predicted molar refractivity (Wildman–Crippen MR) is 76.6 cm³/mol. The smallest absolute Gasteiger partial charge is 0.182 e. The number of rotatable bonds is 6. The van der Waals surface area contributed by atoms with E-state index in [0.29, 0.717) is 12.4 Å². The third kappa shape index (κ3) is 4.08. The molecular weight excluding hydrogens is 287 g/mol. The molecule has 0 radical (unpaired) electrons. The molecule has 0 saturated heterocycles. The number of anilines is 1. The molecule has 0 bridgehead atoms. The highest BCUT2D eigenvalue weighted by atomic mass is 35.5. The van der Waals surface area contributed by atoms with Gasteiger partial charge < -0.3 is 10.1 Å². The standard InChI is InChI=1S/C13H14ClFN2OS/c1-2-5-16-13-17-7-10(19-13)8-18-9-3-4-12(15)11(14)6-9/h3-4,6-7H,2,5,8H2,1H3,(H,16,17). The Bertz CT molecular complexity index is 547. The van der Waals surface area contributed by atoms with Crippen LogP contribution in [-0.2, 0) is 6.61 Å². The second-order valence-corrected chi connectivity index (χ2v) is 5.45. The van der Waals surface area contributed by atoms with Crippen molar-refractivity contribution in [2.75, 3.05) is 11.9 Å². The number of aromatic nitrogens is 1. The minimum atomic E-state index is -0.446. The van der Waals surface area contributed by atoms with E-state index in [9.17, 15) is 4.39 Å². The summed E-state index contributed by atoms with van der Waals surface area (Å²) in [5.41, 5.74) is 0. The molecule has 0 unspecified atom stereocenters. The van der Waals surface area contributed by atoms with Gasteiger partial charge in [-0.15, -0.1) is 0 Å². The van der Waals surface area contributed by atoms with Gasteiger partial charge in [-0.1, -0.05) is 29.9 Å². The van der Waals surface area contributed by atoms with E-state index in [1.165, 1.54) is 12.1 Å². The Kier molecular flexibility index (Phi) is 4.99. The molecule has 3 nitrogen and oxygen atoms in total. The quantitative estimate of drug-likeness (QED) is 0.862. The minimum absolute atomic E-state index is 0.0621. The molecule has 2 aromatic rings. The van der Waals surface area contributed by atoms with Crippen LogP contribution in [0, 0.1) is 5.82 Å². The van der Waals surface area contributed by atoms with Gasteiger partial charge in [0.2, 0.25) is 0 Å². The minimum Gasteiger partial charge on any atom is -0.488 e. The molecule has 0 aliphatic heterocycles. The lowest BCUT2D eigenvalue weighted by Gasteiger charge is -2.04. The summed E-state index contributed by atoms with van der Waals surface area (Å²) in [7, 11) is 0. The molecule has 0 fully saturated rings. The second kappa shape index (κ2) is 6.73. The fourth-order valence-electron chi connectivity index (χ4n) is 1.41. The average molecular weight is 301 g/mol. The van der Waals surface area contributed by atoms with Gasteiger partial charge in [0, 0.05) is 18.8 Å². The lowest BCUT2D eigenvalue weighted by molar-refractivity contribution is 0.309. The van der Waals surface area contributed by atoms with Crippen LogP contribution in [0.1, 0.15) is 18.2 Å². The van der Waals surface area contributed by atoms with Crippen molar-refractivity contribution in [3.05, 3.63) is 40.1 Å². The fourth-order valence-corrected chi connectivity index (χ4v) is 2.33. The highest BCUT2D eigenvalue weighted by Crippen LogP contribution is 2.24. The van der Waals surface area contributed by atoms with E-state index in [1.807, 2.05) is 0 Å². The van der Waals surface area contributed by atoms with Gasteiger partial charge in [-0.05, 0) is 18.6 Å². The van der Waals surface area contributed by atoms with E-state index < -0.39 is 5.82 Å². The molecule has 0 amide bonds. The first-order valence-corrected chi connectivity index (χ1v) is 7.15. The largest absolute Gasteiger partial charge is 0.488 e. The fraction of sp³-hybridized carbons (Fsp3) is 0.308. The molecular formula is C13H14ClFN2OS. The first kappa shape index (κ1) is 14.1. The Morgan fingerprint density at radius 1 is 1.47 bits per heavy atom. The Morgan fingerprint density at radius 2 is 2.32 bits per heavy atom. The van der Waals surface area contributed by atoms with Crippen LogP contribution in [0.25, 0.3) is 0 Å². The number of halogens is 2. The van der Waals surface area contributed by atoms with Crippen LogP contribution >= 0.6 is 22.9 Å². The monoisotopic (exact) mass is 300 g/mol. The topological polar surface area (TPSA) is 34.2 Å². The number of hydrogen-bond acceptors (Lipinski definition) is 4. The third-order valence-corrected chi connectivity index (χ3v) is 3.57. The van der Waals surface area contributed by atoms with Gasteiger partial charge >= 0.3 is 0 Å². The van der Waals surface area contributed by atoms with Crippen molar-refractivity contribution >= 4 is 28.1 Å². The van der Waals surface area contributed by atoms with Gasteiger partial charge in [0.25, 0.3) is 0 Å². The maximum atomic E-state index is 13.0. The molecule has 19 heavy (non-hydrogen) atoms. The van der Waals surface area contributed by atoms with Gasteiger partial charge in [0.15, 0.2) is 5.13 Å². The zero-order valence-electron chi connectivity index (χ0n) is 10.5. The summed E-state index contributed by atoms with van der Waals surface area (Å²) in [6.45, 7) is 3.40. The molecule has 0 aliphatic rings. The van der Waals surface area contributed by atoms with Crippen molar-refractivity contribution in [3.8, 4) is 5.75 Å². The first-order valence-electron chi connectivity index (χ1n) is 5.95. The van der Waals surface area contributed by atoms with E-state index in [2.05, 4.69) is 17.2 Å². The Morgan fingerprint density at radius 3 is 3.05 bits per heavy atom. The summed E-state index contributed by atoms with van der Waals surface area (Å²) in [5, 5.41) is 4.16. The van der Waals surface area contributed by atoms with Crippen molar-refractivity contribution in [2.45, 2.75) is 20.0 Å². The van der Waals surface area contributed by atoms with Gasteiger partial charge in [0.05, 0.1) is 9.90 Å². The molecule has 0 aliphatic carbocycles. The summed E-state index contributed by atoms with van der Waals surface area (Å²) in [4.78, 5) is 5.24. The number of benzene rings is 1. The average Bonchev–Trinajstić information content (AvgIpc) is 2.86. The number of hydrogen-bond donors (Lipinski definition) is 1. The summed E-state index contributed by atoms with van der Waals surface area (Å²) >= 11 is 7.23. The Hall–Kier alpha value is -1.33.